The molecule has 2 atom stereocenters. The van der Waals surface area contributed by atoms with Crippen molar-refractivity contribution < 1.29 is 4.79 Å². The Balaban J connectivity index is 2.25. The molecule has 0 aliphatic carbocycles. The van der Waals surface area contributed by atoms with Crippen molar-refractivity contribution in [1.29, 1.82) is 0 Å². The fraction of sp³-hybridized carbons (Fsp3) is 0.889. The van der Waals surface area contributed by atoms with Crippen molar-refractivity contribution in [2.45, 2.75) is 25.3 Å². The molecule has 1 amide bonds. The van der Waals surface area contributed by atoms with Crippen LogP contribution in [0, 0.1) is 5.92 Å². The highest BCUT2D eigenvalue weighted by atomic mass is 16.2. The maximum atomic E-state index is 11.4. The standard InChI is InChI=1S/C9H16N2O/c1-9-6-10-4-3-7(9)5-8(12)11(9)2/h7,10H,3-6H2,1-2H3. The number of amides is 1. The first-order chi connectivity index (χ1) is 5.64. The van der Waals surface area contributed by atoms with Crippen molar-refractivity contribution in [3.8, 4) is 0 Å². The van der Waals surface area contributed by atoms with E-state index in [-0.39, 0.29) is 5.54 Å². The zero-order valence-corrected chi connectivity index (χ0v) is 7.76. The van der Waals surface area contributed by atoms with Crippen LogP contribution in [0.5, 0.6) is 0 Å². The van der Waals surface area contributed by atoms with Crippen LogP contribution in [0.25, 0.3) is 0 Å². The summed E-state index contributed by atoms with van der Waals surface area (Å²) in [6, 6.07) is 0. The van der Waals surface area contributed by atoms with Gasteiger partial charge in [-0.1, -0.05) is 0 Å². The van der Waals surface area contributed by atoms with Crippen LogP contribution in [0.3, 0.4) is 0 Å². The first kappa shape index (κ1) is 8.05. The molecule has 3 nitrogen and oxygen atoms in total. The molecule has 2 aliphatic heterocycles. The highest BCUT2D eigenvalue weighted by Gasteiger charge is 2.48. The second-order valence-electron chi connectivity index (χ2n) is 4.18. The van der Waals surface area contributed by atoms with Gasteiger partial charge in [0.25, 0.3) is 0 Å². The third-order valence-electron chi connectivity index (χ3n) is 3.59. The normalized spacial score (nSPS) is 41.7. The molecule has 2 heterocycles. The molecule has 0 saturated carbocycles. The molecule has 0 spiro atoms. The van der Waals surface area contributed by atoms with Crippen LogP contribution in [0.4, 0.5) is 0 Å². The number of nitrogens with zero attached hydrogens (tertiary/aromatic N) is 1. The number of fused-ring (bicyclic) bond motifs is 1. The van der Waals surface area contributed by atoms with E-state index in [1.807, 2.05) is 11.9 Å². The fourth-order valence-electron chi connectivity index (χ4n) is 2.42. The summed E-state index contributed by atoms with van der Waals surface area (Å²) in [5.74, 6) is 0.891. The van der Waals surface area contributed by atoms with Crippen molar-refractivity contribution in [2.24, 2.45) is 5.92 Å². The van der Waals surface area contributed by atoms with Crippen LogP contribution in [-0.2, 0) is 4.79 Å². The molecule has 0 aromatic rings. The van der Waals surface area contributed by atoms with Gasteiger partial charge < -0.3 is 10.2 Å². The summed E-state index contributed by atoms with van der Waals surface area (Å²) in [5, 5.41) is 3.35. The molecule has 0 aromatic carbocycles. The number of likely N-dealkylation sites (tertiary alicyclic amines) is 1. The van der Waals surface area contributed by atoms with Crippen molar-refractivity contribution in [2.75, 3.05) is 20.1 Å². The molecule has 2 aliphatic rings. The van der Waals surface area contributed by atoms with Gasteiger partial charge in [-0.2, -0.15) is 0 Å². The van der Waals surface area contributed by atoms with E-state index in [0.717, 1.165) is 25.9 Å². The average molecular weight is 168 g/mol. The van der Waals surface area contributed by atoms with Gasteiger partial charge in [-0.05, 0) is 25.8 Å². The number of hydrogen-bond acceptors (Lipinski definition) is 2. The van der Waals surface area contributed by atoms with E-state index >= 15 is 0 Å². The Hall–Kier alpha value is -0.570. The zero-order chi connectivity index (χ0) is 8.77. The third-order valence-corrected chi connectivity index (χ3v) is 3.59. The number of rotatable bonds is 0. The summed E-state index contributed by atoms with van der Waals surface area (Å²) in [6.07, 6.45) is 1.90. The lowest BCUT2D eigenvalue weighted by molar-refractivity contribution is -0.129. The predicted octanol–water partition coefficient (Wildman–Crippen LogP) is 0.217. The lowest BCUT2D eigenvalue weighted by Crippen LogP contribution is -2.55. The Kier molecular flexibility index (Phi) is 1.65. The third kappa shape index (κ3) is 0.891. The fourth-order valence-corrected chi connectivity index (χ4v) is 2.42. The van der Waals surface area contributed by atoms with Crippen molar-refractivity contribution in [3.05, 3.63) is 0 Å². The van der Waals surface area contributed by atoms with Crippen LogP contribution in [0.2, 0.25) is 0 Å². The van der Waals surface area contributed by atoms with Gasteiger partial charge in [-0.25, -0.2) is 0 Å². The maximum Gasteiger partial charge on any atom is 0.223 e. The number of piperidine rings is 1. The number of likely N-dealkylation sites (N-methyl/N-ethyl adjacent to an activating group) is 1. The smallest absolute Gasteiger partial charge is 0.223 e. The summed E-state index contributed by atoms with van der Waals surface area (Å²) >= 11 is 0. The van der Waals surface area contributed by atoms with E-state index in [2.05, 4.69) is 12.2 Å². The summed E-state index contributed by atoms with van der Waals surface area (Å²) < 4.78 is 0. The molecule has 2 fully saturated rings. The first-order valence-electron chi connectivity index (χ1n) is 4.62. The van der Waals surface area contributed by atoms with E-state index in [4.69, 9.17) is 0 Å². The number of carbonyl (C=O) groups excluding carboxylic acids is 1. The second kappa shape index (κ2) is 2.46. The Morgan fingerprint density at radius 2 is 2.42 bits per heavy atom. The monoisotopic (exact) mass is 168 g/mol. The van der Waals surface area contributed by atoms with Gasteiger partial charge >= 0.3 is 0 Å². The zero-order valence-electron chi connectivity index (χ0n) is 7.76. The van der Waals surface area contributed by atoms with E-state index < -0.39 is 0 Å². The SMILES string of the molecule is CN1C(=O)CC2CCNCC21C. The largest absolute Gasteiger partial charge is 0.339 e. The Labute approximate surface area is 73.1 Å². The lowest BCUT2D eigenvalue weighted by Gasteiger charge is -2.40. The average Bonchev–Trinajstić information content (AvgIpc) is 2.28. The van der Waals surface area contributed by atoms with Crippen LogP contribution < -0.4 is 5.32 Å². The van der Waals surface area contributed by atoms with Gasteiger partial charge in [0.1, 0.15) is 0 Å². The molecule has 3 heteroatoms. The lowest BCUT2D eigenvalue weighted by atomic mass is 9.81. The van der Waals surface area contributed by atoms with Crippen LogP contribution in [0.15, 0.2) is 0 Å². The minimum absolute atomic E-state index is 0.0926. The molecule has 2 unspecified atom stereocenters. The van der Waals surface area contributed by atoms with Gasteiger partial charge in [0.2, 0.25) is 5.91 Å². The van der Waals surface area contributed by atoms with Gasteiger partial charge in [0, 0.05) is 20.0 Å². The Bertz CT molecular complexity index is 217. The van der Waals surface area contributed by atoms with Crippen LogP contribution in [0.1, 0.15) is 19.8 Å². The van der Waals surface area contributed by atoms with E-state index in [0.29, 0.717) is 11.8 Å². The molecule has 2 saturated heterocycles. The van der Waals surface area contributed by atoms with Gasteiger partial charge in [0.05, 0.1) is 5.54 Å². The molecule has 1 N–H and O–H groups in total. The van der Waals surface area contributed by atoms with Crippen molar-refractivity contribution >= 4 is 5.91 Å². The molecule has 0 bridgehead atoms. The topological polar surface area (TPSA) is 32.3 Å². The summed E-state index contributed by atoms with van der Waals surface area (Å²) in [4.78, 5) is 13.4. The quantitative estimate of drug-likeness (QED) is 0.561. The Morgan fingerprint density at radius 3 is 3.08 bits per heavy atom. The first-order valence-corrected chi connectivity index (χ1v) is 4.62. The number of hydrogen-bond donors (Lipinski definition) is 1. The van der Waals surface area contributed by atoms with Crippen LogP contribution in [-0.4, -0.2) is 36.5 Å². The van der Waals surface area contributed by atoms with E-state index in [1.165, 1.54) is 0 Å². The molecule has 12 heavy (non-hydrogen) atoms. The van der Waals surface area contributed by atoms with Gasteiger partial charge in [-0.15, -0.1) is 0 Å². The predicted molar refractivity (Wildman–Crippen MR) is 46.8 cm³/mol. The molecular weight excluding hydrogens is 152 g/mol. The van der Waals surface area contributed by atoms with Crippen molar-refractivity contribution in [1.82, 2.24) is 10.2 Å². The maximum absolute atomic E-state index is 11.4. The van der Waals surface area contributed by atoms with Gasteiger partial charge in [0.15, 0.2) is 0 Å². The number of nitrogens with one attached hydrogen (secondary N) is 1. The Morgan fingerprint density at radius 1 is 1.67 bits per heavy atom. The minimum atomic E-state index is 0.0926. The summed E-state index contributed by atoms with van der Waals surface area (Å²) in [5.41, 5.74) is 0.0926. The highest BCUT2D eigenvalue weighted by molar-refractivity contribution is 5.80. The molecule has 2 rings (SSSR count). The molecule has 68 valence electrons. The van der Waals surface area contributed by atoms with Crippen LogP contribution >= 0.6 is 0 Å². The highest BCUT2D eigenvalue weighted by Crippen LogP contribution is 2.37. The van der Waals surface area contributed by atoms with E-state index in [1.54, 1.807) is 0 Å². The van der Waals surface area contributed by atoms with Gasteiger partial charge in [-0.3, -0.25) is 4.79 Å². The van der Waals surface area contributed by atoms with Crippen molar-refractivity contribution in [3.63, 3.8) is 0 Å². The second-order valence-corrected chi connectivity index (χ2v) is 4.18. The molecule has 0 radical (unpaired) electrons. The minimum Gasteiger partial charge on any atom is -0.339 e. The molecule has 0 aromatic heterocycles. The molecular formula is C9H16N2O. The number of carbonyl (C=O) groups is 1. The summed E-state index contributed by atoms with van der Waals surface area (Å²) in [6.45, 7) is 4.22. The van der Waals surface area contributed by atoms with E-state index in [9.17, 15) is 4.79 Å². The summed E-state index contributed by atoms with van der Waals surface area (Å²) in [7, 11) is 1.93.